The minimum atomic E-state index is -0.742. The maximum atomic E-state index is 11.7. The van der Waals surface area contributed by atoms with Gasteiger partial charge in [-0.05, 0) is 30.5 Å². The van der Waals surface area contributed by atoms with Gasteiger partial charge in [0.2, 0.25) is 6.29 Å². The van der Waals surface area contributed by atoms with Crippen molar-refractivity contribution in [1.29, 1.82) is 0 Å². The molecule has 3 saturated heterocycles. The highest BCUT2D eigenvalue weighted by Gasteiger charge is 2.77. The maximum Gasteiger partial charge on any atom is 0.305 e. The molecule has 4 aliphatic rings. The van der Waals surface area contributed by atoms with Gasteiger partial charge in [-0.15, -0.1) is 0 Å². The van der Waals surface area contributed by atoms with E-state index in [2.05, 4.69) is 0 Å². The zero-order valence-electron chi connectivity index (χ0n) is 16.4. The van der Waals surface area contributed by atoms with Crippen LogP contribution < -0.4 is 9.47 Å². The standard InChI is InChI=1S/C21H26O7/c1-12(22)25-19-18-21-7-5-4-6-20(21,11-16(26-19)28-21)17(27-18)13-8-14(23-2)10-15(9-13)24-3/h8-10,16-19H,4-7,11H2,1-3H3/t16-,17+,18?,19-,20+,21-/m1/s1. The number of hydrogen-bond donors (Lipinski definition) is 0. The van der Waals surface area contributed by atoms with Crippen molar-refractivity contribution in [3.8, 4) is 11.5 Å². The predicted molar refractivity (Wildman–Crippen MR) is 96.9 cm³/mol. The molecule has 28 heavy (non-hydrogen) atoms. The largest absolute Gasteiger partial charge is 0.497 e. The Labute approximate surface area is 164 Å². The maximum absolute atomic E-state index is 11.7. The molecule has 152 valence electrons. The van der Waals surface area contributed by atoms with Gasteiger partial charge in [-0.1, -0.05) is 12.8 Å². The Morgan fingerprint density at radius 1 is 1.07 bits per heavy atom. The number of benzene rings is 1. The van der Waals surface area contributed by atoms with Gasteiger partial charge in [0.25, 0.3) is 0 Å². The zero-order chi connectivity index (χ0) is 19.5. The third-order valence-electron chi connectivity index (χ3n) is 6.87. The number of rotatable bonds is 4. The lowest BCUT2D eigenvalue weighted by Crippen LogP contribution is -2.58. The summed E-state index contributed by atoms with van der Waals surface area (Å²) in [4.78, 5) is 11.7. The van der Waals surface area contributed by atoms with E-state index in [0.29, 0.717) is 0 Å². The van der Waals surface area contributed by atoms with Crippen molar-refractivity contribution in [3.63, 3.8) is 0 Å². The van der Waals surface area contributed by atoms with Crippen LogP contribution in [0.3, 0.4) is 0 Å². The minimum Gasteiger partial charge on any atom is -0.497 e. The molecular weight excluding hydrogens is 364 g/mol. The second kappa shape index (κ2) is 6.34. The molecule has 4 fully saturated rings. The lowest BCUT2D eigenvalue weighted by Gasteiger charge is -2.47. The molecule has 1 unspecified atom stereocenters. The number of fused-ring (bicyclic) bond motifs is 1. The SMILES string of the molecule is COc1cc(OC)cc([C@@H]2OC3[C@H](OC(C)=O)O[C@H]4C[C@@]25CCCC[C@@]35O4)c1. The molecule has 1 aromatic rings. The summed E-state index contributed by atoms with van der Waals surface area (Å²) in [5.74, 6) is 1.07. The topological polar surface area (TPSA) is 72.5 Å². The van der Waals surface area contributed by atoms with E-state index in [1.807, 2.05) is 18.2 Å². The highest BCUT2D eigenvalue weighted by Crippen LogP contribution is 2.71. The van der Waals surface area contributed by atoms with E-state index in [9.17, 15) is 4.79 Å². The summed E-state index contributed by atoms with van der Waals surface area (Å²) in [5.41, 5.74) is 0.292. The molecule has 1 aliphatic carbocycles. The fourth-order valence-corrected chi connectivity index (χ4v) is 5.87. The van der Waals surface area contributed by atoms with Gasteiger partial charge in [-0.2, -0.15) is 0 Å². The van der Waals surface area contributed by atoms with Crippen molar-refractivity contribution in [1.82, 2.24) is 0 Å². The Morgan fingerprint density at radius 3 is 2.46 bits per heavy atom. The molecule has 2 bridgehead atoms. The van der Waals surface area contributed by atoms with Crippen molar-refractivity contribution in [2.24, 2.45) is 5.41 Å². The van der Waals surface area contributed by atoms with Gasteiger partial charge >= 0.3 is 5.97 Å². The van der Waals surface area contributed by atoms with Crippen LogP contribution in [0.4, 0.5) is 0 Å². The molecule has 1 aromatic carbocycles. The van der Waals surface area contributed by atoms with Crippen LogP contribution >= 0.6 is 0 Å². The summed E-state index contributed by atoms with van der Waals surface area (Å²) in [5, 5.41) is 0. The van der Waals surface area contributed by atoms with Crippen LogP contribution in [0.2, 0.25) is 0 Å². The number of hydrogen-bond acceptors (Lipinski definition) is 7. The quantitative estimate of drug-likeness (QED) is 0.732. The Kier molecular flexibility index (Phi) is 4.12. The lowest BCUT2D eigenvalue weighted by atomic mass is 9.59. The van der Waals surface area contributed by atoms with Gasteiger partial charge in [-0.3, -0.25) is 4.79 Å². The van der Waals surface area contributed by atoms with Crippen molar-refractivity contribution >= 4 is 5.97 Å². The molecule has 1 spiro atoms. The number of methoxy groups -OCH3 is 2. The van der Waals surface area contributed by atoms with E-state index in [-0.39, 0.29) is 23.8 Å². The van der Waals surface area contributed by atoms with E-state index in [1.54, 1.807) is 14.2 Å². The summed E-state index contributed by atoms with van der Waals surface area (Å²) in [6.07, 6.45) is 3.01. The van der Waals surface area contributed by atoms with Gasteiger partial charge in [0.1, 0.15) is 17.1 Å². The van der Waals surface area contributed by atoms with Crippen molar-refractivity contribution in [2.45, 2.75) is 69.4 Å². The van der Waals surface area contributed by atoms with Crippen LogP contribution in [-0.2, 0) is 23.7 Å². The Hall–Kier alpha value is -1.83. The molecule has 0 aromatic heterocycles. The fourth-order valence-electron chi connectivity index (χ4n) is 5.87. The summed E-state index contributed by atoms with van der Waals surface area (Å²) >= 11 is 0. The van der Waals surface area contributed by atoms with Crippen LogP contribution in [0.1, 0.15) is 50.7 Å². The second-order valence-electron chi connectivity index (χ2n) is 8.20. The number of esters is 1. The number of ether oxygens (including phenoxy) is 6. The average Bonchev–Trinajstić information content (AvgIpc) is 3.13. The summed E-state index contributed by atoms with van der Waals surface area (Å²) in [6, 6.07) is 5.85. The average molecular weight is 390 g/mol. The first-order chi connectivity index (χ1) is 13.5. The highest BCUT2D eigenvalue weighted by atomic mass is 16.8. The first-order valence-electron chi connectivity index (χ1n) is 9.90. The van der Waals surface area contributed by atoms with E-state index >= 15 is 0 Å². The molecule has 0 amide bonds. The highest BCUT2D eigenvalue weighted by molar-refractivity contribution is 5.66. The molecule has 0 radical (unpaired) electrons. The van der Waals surface area contributed by atoms with Crippen LogP contribution in [0.15, 0.2) is 18.2 Å². The third kappa shape index (κ3) is 2.36. The molecule has 7 heteroatoms. The Bertz CT molecular complexity index is 773. The monoisotopic (exact) mass is 390 g/mol. The fraction of sp³-hybridized carbons (Fsp3) is 0.667. The number of carbonyl (C=O) groups excluding carboxylic acids is 1. The minimum absolute atomic E-state index is 0.200. The van der Waals surface area contributed by atoms with Crippen molar-refractivity contribution < 1.29 is 33.2 Å². The van der Waals surface area contributed by atoms with Gasteiger partial charge in [0.05, 0.1) is 20.3 Å². The molecule has 7 nitrogen and oxygen atoms in total. The third-order valence-corrected chi connectivity index (χ3v) is 6.87. The molecule has 3 heterocycles. The van der Waals surface area contributed by atoms with E-state index in [4.69, 9.17) is 28.4 Å². The van der Waals surface area contributed by atoms with Crippen LogP contribution in [0, 0.1) is 5.41 Å². The van der Waals surface area contributed by atoms with Crippen molar-refractivity contribution in [2.75, 3.05) is 14.2 Å². The van der Waals surface area contributed by atoms with Crippen LogP contribution in [-0.4, -0.2) is 44.5 Å². The van der Waals surface area contributed by atoms with Crippen LogP contribution in [0.5, 0.6) is 11.5 Å². The molecule has 0 N–H and O–H groups in total. The van der Waals surface area contributed by atoms with E-state index in [1.165, 1.54) is 6.92 Å². The molecule has 1 saturated carbocycles. The smallest absolute Gasteiger partial charge is 0.305 e. The van der Waals surface area contributed by atoms with Gasteiger partial charge in [0.15, 0.2) is 12.4 Å². The Morgan fingerprint density at radius 2 is 1.79 bits per heavy atom. The zero-order valence-corrected chi connectivity index (χ0v) is 16.4. The normalized spacial score (nSPS) is 40.7. The summed E-state index contributed by atoms with van der Waals surface area (Å²) in [7, 11) is 3.28. The number of carbonyl (C=O) groups is 1. The lowest BCUT2D eigenvalue weighted by molar-refractivity contribution is -0.341. The Balaban J connectivity index is 1.61. The summed E-state index contributed by atoms with van der Waals surface area (Å²) in [6.45, 7) is 1.39. The summed E-state index contributed by atoms with van der Waals surface area (Å²) < 4.78 is 35.4. The molecule has 6 atom stereocenters. The van der Waals surface area contributed by atoms with E-state index < -0.39 is 18.0 Å². The van der Waals surface area contributed by atoms with Gasteiger partial charge in [-0.25, -0.2) is 0 Å². The van der Waals surface area contributed by atoms with Crippen molar-refractivity contribution in [3.05, 3.63) is 23.8 Å². The molecule has 5 rings (SSSR count). The van der Waals surface area contributed by atoms with Gasteiger partial charge < -0.3 is 28.4 Å². The van der Waals surface area contributed by atoms with E-state index in [0.717, 1.165) is 49.2 Å². The first kappa shape index (κ1) is 18.2. The predicted octanol–water partition coefficient (Wildman–Crippen LogP) is 3.11. The van der Waals surface area contributed by atoms with Gasteiger partial charge in [0, 0.05) is 24.8 Å². The first-order valence-corrected chi connectivity index (χ1v) is 9.90. The molecular formula is C21H26O7. The second-order valence-corrected chi connectivity index (χ2v) is 8.20. The molecule has 3 aliphatic heterocycles. The van der Waals surface area contributed by atoms with Crippen LogP contribution in [0.25, 0.3) is 0 Å².